The zero-order valence-corrected chi connectivity index (χ0v) is 19.2. The summed E-state index contributed by atoms with van der Waals surface area (Å²) >= 11 is 1.36. The number of rotatable bonds is 7. The van der Waals surface area contributed by atoms with Gasteiger partial charge in [0.05, 0.1) is 26.1 Å². The highest BCUT2D eigenvalue weighted by Gasteiger charge is 2.20. The molecule has 1 aromatic heterocycles. The standard InChI is InChI=1S/C23H26N4O4S/c1-4-27-22(18-13-20-19(12-15(18)2)30-10-5-11-31-20)25-26-23(27)32-14-21(28)24-16-6-8-17(29-3)9-7-16/h6-9,12-13H,4-5,10-11,14H2,1-3H3,(H,24,28). The van der Waals surface area contributed by atoms with Crippen LogP contribution in [0, 0.1) is 6.92 Å². The number of hydrogen-bond donors (Lipinski definition) is 1. The molecule has 2 aromatic carbocycles. The van der Waals surface area contributed by atoms with Crippen LogP contribution in [-0.2, 0) is 11.3 Å². The molecule has 1 aliphatic rings. The molecule has 2 heterocycles. The second-order valence-corrected chi connectivity index (χ2v) is 8.22. The van der Waals surface area contributed by atoms with Crippen LogP contribution in [0.5, 0.6) is 17.2 Å². The summed E-state index contributed by atoms with van der Waals surface area (Å²) in [4.78, 5) is 12.4. The van der Waals surface area contributed by atoms with E-state index < -0.39 is 0 Å². The molecule has 0 spiro atoms. The van der Waals surface area contributed by atoms with E-state index in [0.29, 0.717) is 24.9 Å². The van der Waals surface area contributed by atoms with Crippen molar-refractivity contribution in [3.63, 3.8) is 0 Å². The van der Waals surface area contributed by atoms with E-state index >= 15 is 0 Å². The fourth-order valence-electron chi connectivity index (χ4n) is 3.43. The van der Waals surface area contributed by atoms with Crippen LogP contribution in [0.4, 0.5) is 5.69 Å². The molecule has 32 heavy (non-hydrogen) atoms. The third-order valence-electron chi connectivity index (χ3n) is 5.07. The van der Waals surface area contributed by atoms with Crippen molar-refractivity contribution in [3.05, 3.63) is 42.0 Å². The van der Waals surface area contributed by atoms with E-state index in [4.69, 9.17) is 14.2 Å². The molecular formula is C23H26N4O4S. The molecule has 1 amide bonds. The lowest BCUT2D eigenvalue weighted by Gasteiger charge is -2.13. The monoisotopic (exact) mass is 454 g/mol. The van der Waals surface area contributed by atoms with Crippen molar-refractivity contribution in [2.75, 3.05) is 31.4 Å². The average Bonchev–Trinajstić information content (AvgIpc) is 3.07. The maximum atomic E-state index is 12.4. The van der Waals surface area contributed by atoms with Gasteiger partial charge in [-0.25, -0.2) is 0 Å². The minimum atomic E-state index is -0.112. The van der Waals surface area contributed by atoms with Crippen molar-refractivity contribution in [1.29, 1.82) is 0 Å². The topological polar surface area (TPSA) is 87.5 Å². The number of amides is 1. The van der Waals surface area contributed by atoms with Crippen LogP contribution in [0.3, 0.4) is 0 Å². The number of carbonyl (C=O) groups excluding carboxylic acids is 1. The molecule has 0 aliphatic carbocycles. The molecule has 0 radical (unpaired) electrons. The third-order valence-corrected chi connectivity index (χ3v) is 6.04. The van der Waals surface area contributed by atoms with Gasteiger partial charge in [0.15, 0.2) is 22.5 Å². The number of hydrogen-bond acceptors (Lipinski definition) is 7. The number of nitrogens with zero attached hydrogens (tertiary/aromatic N) is 3. The van der Waals surface area contributed by atoms with Crippen LogP contribution < -0.4 is 19.5 Å². The predicted molar refractivity (Wildman–Crippen MR) is 124 cm³/mol. The molecule has 0 bridgehead atoms. The zero-order valence-electron chi connectivity index (χ0n) is 18.4. The van der Waals surface area contributed by atoms with Crippen LogP contribution in [-0.4, -0.2) is 46.7 Å². The molecular weight excluding hydrogens is 428 g/mol. The highest BCUT2D eigenvalue weighted by molar-refractivity contribution is 7.99. The average molecular weight is 455 g/mol. The summed E-state index contributed by atoms with van der Waals surface area (Å²) < 4.78 is 18.8. The molecule has 168 valence electrons. The first-order valence-corrected chi connectivity index (χ1v) is 11.5. The zero-order chi connectivity index (χ0) is 22.5. The summed E-state index contributed by atoms with van der Waals surface area (Å²) in [5, 5.41) is 12.3. The molecule has 0 saturated heterocycles. The van der Waals surface area contributed by atoms with Gasteiger partial charge in [0.1, 0.15) is 5.75 Å². The molecule has 0 saturated carbocycles. The van der Waals surface area contributed by atoms with Crippen molar-refractivity contribution in [3.8, 4) is 28.6 Å². The Labute approximate surface area is 191 Å². The maximum Gasteiger partial charge on any atom is 0.234 e. The van der Waals surface area contributed by atoms with Gasteiger partial charge in [-0.2, -0.15) is 0 Å². The number of fused-ring (bicyclic) bond motifs is 1. The number of carbonyl (C=O) groups is 1. The van der Waals surface area contributed by atoms with Gasteiger partial charge in [0, 0.05) is 24.2 Å². The van der Waals surface area contributed by atoms with Gasteiger partial charge in [0.25, 0.3) is 0 Å². The first-order chi connectivity index (χ1) is 15.6. The van der Waals surface area contributed by atoms with E-state index in [9.17, 15) is 4.79 Å². The molecule has 9 heteroatoms. The van der Waals surface area contributed by atoms with Gasteiger partial charge in [0.2, 0.25) is 5.91 Å². The van der Waals surface area contributed by atoms with Gasteiger partial charge in [-0.3, -0.25) is 4.79 Å². The van der Waals surface area contributed by atoms with E-state index in [-0.39, 0.29) is 11.7 Å². The fraction of sp³-hybridized carbons (Fsp3) is 0.348. The van der Waals surface area contributed by atoms with Crippen LogP contribution in [0.25, 0.3) is 11.4 Å². The number of methoxy groups -OCH3 is 1. The summed E-state index contributed by atoms with van der Waals surface area (Å²) in [6.45, 7) is 6.01. The third kappa shape index (κ3) is 4.83. The van der Waals surface area contributed by atoms with Gasteiger partial charge in [-0.15, -0.1) is 10.2 Å². The van der Waals surface area contributed by atoms with Crippen molar-refractivity contribution < 1.29 is 19.0 Å². The second kappa shape index (κ2) is 9.95. The largest absolute Gasteiger partial charge is 0.497 e. The highest BCUT2D eigenvalue weighted by Crippen LogP contribution is 2.37. The molecule has 8 nitrogen and oxygen atoms in total. The lowest BCUT2D eigenvalue weighted by molar-refractivity contribution is -0.113. The Kier molecular flexibility index (Phi) is 6.84. The SMILES string of the molecule is CCn1c(SCC(=O)Nc2ccc(OC)cc2)nnc1-c1cc2c(cc1C)OCCCO2. The molecule has 0 fully saturated rings. The highest BCUT2D eigenvalue weighted by atomic mass is 32.2. The van der Waals surface area contributed by atoms with E-state index in [2.05, 4.69) is 15.5 Å². The number of aryl methyl sites for hydroxylation is 1. The van der Waals surface area contributed by atoms with Crippen LogP contribution in [0.1, 0.15) is 18.9 Å². The molecule has 0 atom stereocenters. The van der Waals surface area contributed by atoms with E-state index in [1.165, 1.54) is 11.8 Å². The van der Waals surface area contributed by atoms with E-state index in [0.717, 1.165) is 46.3 Å². The summed E-state index contributed by atoms with van der Waals surface area (Å²) in [6, 6.07) is 11.2. The molecule has 0 unspecified atom stereocenters. The van der Waals surface area contributed by atoms with Crippen LogP contribution in [0.15, 0.2) is 41.6 Å². The normalized spacial score (nSPS) is 12.8. The second-order valence-electron chi connectivity index (χ2n) is 7.28. The molecule has 1 aliphatic heterocycles. The summed E-state index contributed by atoms with van der Waals surface area (Å²) in [5.74, 6) is 3.09. The first-order valence-electron chi connectivity index (χ1n) is 10.5. The molecule has 4 rings (SSSR count). The minimum absolute atomic E-state index is 0.112. The fourth-order valence-corrected chi connectivity index (χ4v) is 4.23. The van der Waals surface area contributed by atoms with Gasteiger partial charge >= 0.3 is 0 Å². The van der Waals surface area contributed by atoms with E-state index in [1.807, 2.05) is 30.5 Å². The quantitative estimate of drug-likeness (QED) is 0.536. The lowest BCUT2D eigenvalue weighted by Crippen LogP contribution is -2.14. The van der Waals surface area contributed by atoms with Crippen molar-refractivity contribution >= 4 is 23.4 Å². The minimum Gasteiger partial charge on any atom is -0.497 e. The van der Waals surface area contributed by atoms with Crippen LogP contribution >= 0.6 is 11.8 Å². The van der Waals surface area contributed by atoms with Crippen molar-refractivity contribution in [1.82, 2.24) is 14.8 Å². The number of aromatic nitrogens is 3. The summed E-state index contributed by atoms with van der Waals surface area (Å²) in [5.41, 5.74) is 2.69. The summed E-state index contributed by atoms with van der Waals surface area (Å²) in [7, 11) is 1.61. The van der Waals surface area contributed by atoms with Gasteiger partial charge < -0.3 is 24.1 Å². The predicted octanol–water partition coefficient (Wildman–Crippen LogP) is 4.17. The number of anilines is 1. The first kappa shape index (κ1) is 22.0. The van der Waals surface area contributed by atoms with Crippen LogP contribution in [0.2, 0.25) is 0 Å². The Balaban J connectivity index is 1.48. The molecule has 1 N–H and O–H groups in total. The van der Waals surface area contributed by atoms with E-state index in [1.54, 1.807) is 31.4 Å². The lowest BCUT2D eigenvalue weighted by atomic mass is 10.1. The number of benzene rings is 2. The Bertz CT molecular complexity index is 1100. The van der Waals surface area contributed by atoms with Crippen molar-refractivity contribution in [2.45, 2.75) is 32.0 Å². The smallest absolute Gasteiger partial charge is 0.234 e. The van der Waals surface area contributed by atoms with Crippen molar-refractivity contribution in [2.24, 2.45) is 0 Å². The summed E-state index contributed by atoms with van der Waals surface area (Å²) in [6.07, 6.45) is 0.855. The Morgan fingerprint density at radius 2 is 1.88 bits per heavy atom. The Morgan fingerprint density at radius 3 is 2.56 bits per heavy atom. The maximum absolute atomic E-state index is 12.4. The number of nitrogens with one attached hydrogen (secondary N) is 1. The number of thioether (sulfide) groups is 1. The number of ether oxygens (including phenoxy) is 3. The Hall–Kier alpha value is -3.20. The Morgan fingerprint density at radius 1 is 1.16 bits per heavy atom. The van der Waals surface area contributed by atoms with Gasteiger partial charge in [-0.1, -0.05) is 11.8 Å². The van der Waals surface area contributed by atoms with Gasteiger partial charge in [-0.05, 0) is 55.8 Å². The molecule has 3 aromatic rings.